The van der Waals surface area contributed by atoms with Gasteiger partial charge in [-0.2, -0.15) is 0 Å². The first-order valence-corrected chi connectivity index (χ1v) is 14.3. The van der Waals surface area contributed by atoms with Gasteiger partial charge in [-0.05, 0) is 48.5 Å². The number of fused-ring (bicyclic) bond motifs is 2. The molecule has 2 saturated carbocycles. The van der Waals surface area contributed by atoms with E-state index in [4.69, 9.17) is 18.9 Å². The number of ether oxygens (including phenoxy) is 4. The van der Waals surface area contributed by atoms with E-state index in [-0.39, 0.29) is 53.7 Å². The fourth-order valence-corrected chi connectivity index (χ4v) is 8.19. The highest BCUT2D eigenvalue weighted by molar-refractivity contribution is 5.92. The van der Waals surface area contributed by atoms with Crippen LogP contribution >= 0.6 is 0 Å². The molecule has 3 aliphatic heterocycles. The molecule has 0 aromatic carbocycles. The number of esters is 2. The number of epoxide rings is 2. The Balaban J connectivity index is 1.32. The van der Waals surface area contributed by atoms with Crippen molar-refractivity contribution in [3.8, 4) is 0 Å². The van der Waals surface area contributed by atoms with Crippen LogP contribution in [0.1, 0.15) is 73.6 Å². The van der Waals surface area contributed by atoms with Gasteiger partial charge < -0.3 is 29.4 Å². The van der Waals surface area contributed by atoms with Gasteiger partial charge in [0.2, 0.25) is 5.91 Å². The van der Waals surface area contributed by atoms with E-state index in [9.17, 15) is 19.5 Å². The highest BCUT2D eigenvalue weighted by Gasteiger charge is 2.93. The van der Waals surface area contributed by atoms with Crippen molar-refractivity contribution in [2.24, 2.45) is 29.6 Å². The second-order valence-electron chi connectivity index (χ2n) is 13.4. The average molecular weight is 532 g/mol. The molecule has 4 fully saturated rings. The summed E-state index contributed by atoms with van der Waals surface area (Å²) in [4.78, 5) is 38.5. The smallest absolute Gasteiger partial charge is 0.334 e. The van der Waals surface area contributed by atoms with E-state index in [1.807, 2.05) is 41.5 Å². The van der Waals surface area contributed by atoms with E-state index >= 15 is 0 Å². The molecule has 210 valence electrons. The number of cyclic esters (lactones) is 1. The molecular formula is C29H41NO8. The molecule has 9 heteroatoms. The summed E-state index contributed by atoms with van der Waals surface area (Å²) in [5.41, 5.74) is -1.05. The third-order valence-corrected chi connectivity index (χ3v) is 10.2. The van der Waals surface area contributed by atoms with Crippen LogP contribution in [0.3, 0.4) is 0 Å². The van der Waals surface area contributed by atoms with Crippen LogP contribution in [0.5, 0.6) is 0 Å². The molecule has 9 atom stereocenters. The number of hydrogen-bond donors (Lipinski definition) is 2. The Kier molecular flexibility index (Phi) is 5.88. The van der Waals surface area contributed by atoms with Crippen molar-refractivity contribution in [3.63, 3.8) is 0 Å². The van der Waals surface area contributed by atoms with Gasteiger partial charge in [-0.15, -0.1) is 0 Å². The van der Waals surface area contributed by atoms with Crippen LogP contribution < -0.4 is 5.32 Å². The summed E-state index contributed by atoms with van der Waals surface area (Å²) in [6, 6.07) is -0.833. The lowest BCUT2D eigenvalue weighted by Gasteiger charge is -2.52. The van der Waals surface area contributed by atoms with Crippen molar-refractivity contribution in [1.29, 1.82) is 0 Å². The summed E-state index contributed by atoms with van der Waals surface area (Å²) < 4.78 is 24.7. The summed E-state index contributed by atoms with van der Waals surface area (Å²) in [7, 11) is 0. The van der Waals surface area contributed by atoms with E-state index < -0.39 is 34.9 Å². The number of aliphatic hydroxyl groups is 1. The zero-order valence-electron chi connectivity index (χ0n) is 23.2. The average Bonchev–Trinajstić information content (AvgIpc) is 3.70. The van der Waals surface area contributed by atoms with Crippen LogP contribution in [0.4, 0.5) is 0 Å². The molecule has 3 heterocycles. The van der Waals surface area contributed by atoms with Crippen LogP contribution in [0.2, 0.25) is 0 Å². The number of nitrogens with one attached hydrogen (secondary N) is 1. The fourth-order valence-electron chi connectivity index (χ4n) is 8.19. The number of carbonyl (C=O) groups excluding carboxylic acids is 3. The Morgan fingerprint density at radius 2 is 1.82 bits per heavy atom. The summed E-state index contributed by atoms with van der Waals surface area (Å²) >= 11 is 0. The van der Waals surface area contributed by atoms with Gasteiger partial charge in [0, 0.05) is 24.3 Å². The zero-order chi connectivity index (χ0) is 27.4. The van der Waals surface area contributed by atoms with Crippen molar-refractivity contribution < 1.29 is 38.4 Å². The van der Waals surface area contributed by atoms with Crippen molar-refractivity contribution in [1.82, 2.24) is 5.32 Å². The van der Waals surface area contributed by atoms with Crippen LogP contribution in [-0.4, -0.2) is 70.7 Å². The Morgan fingerprint density at radius 3 is 2.47 bits per heavy atom. The molecule has 0 bridgehead atoms. The van der Waals surface area contributed by atoms with Gasteiger partial charge in [-0.1, -0.05) is 41.5 Å². The minimum atomic E-state index is -1.34. The van der Waals surface area contributed by atoms with E-state index in [1.165, 1.54) is 0 Å². The highest BCUT2D eigenvalue weighted by Crippen LogP contribution is 2.76. The third-order valence-electron chi connectivity index (χ3n) is 10.2. The molecule has 0 aromatic heterocycles. The molecular weight excluding hydrogens is 490 g/mol. The second kappa shape index (κ2) is 8.51. The van der Waals surface area contributed by atoms with Crippen molar-refractivity contribution in [2.45, 2.75) is 115 Å². The van der Waals surface area contributed by atoms with E-state index in [2.05, 4.69) is 5.32 Å². The molecule has 2 spiro atoms. The van der Waals surface area contributed by atoms with Crippen LogP contribution in [0.25, 0.3) is 0 Å². The van der Waals surface area contributed by atoms with Gasteiger partial charge >= 0.3 is 11.9 Å². The standard InChI is InChI=1S/C29H41NO8/c1-13(2)9-22(31)30-23(14(3)4)25(33)36-26-27(34,15(5)6)11-21-28(38-21)19-8-7-16-18(12-35-24(16)32)17(19)10-20-29(26,28)37-20/h13-15,17,19-21,23,26,34H,7-12H2,1-6H3,(H,30,31). The second-order valence-corrected chi connectivity index (χ2v) is 13.4. The van der Waals surface area contributed by atoms with Gasteiger partial charge in [-0.3, -0.25) is 4.79 Å². The van der Waals surface area contributed by atoms with E-state index in [0.29, 0.717) is 32.3 Å². The first-order valence-electron chi connectivity index (χ1n) is 14.3. The third kappa shape index (κ3) is 3.43. The SMILES string of the molecule is CC(C)CC(=O)NC(C(=O)OC1C(O)(C(C)C)CC2OC23C2CCC4=C(COC4=O)C2CC2OC213)C(C)C. The van der Waals surface area contributed by atoms with Gasteiger partial charge in [0.1, 0.15) is 23.9 Å². The van der Waals surface area contributed by atoms with Crippen molar-refractivity contribution in [3.05, 3.63) is 11.1 Å². The van der Waals surface area contributed by atoms with Gasteiger partial charge in [0.05, 0.1) is 12.2 Å². The quantitative estimate of drug-likeness (QED) is 0.379. The molecule has 0 aromatic rings. The van der Waals surface area contributed by atoms with Crippen molar-refractivity contribution >= 4 is 17.8 Å². The summed E-state index contributed by atoms with van der Waals surface area (Å²) in [5.74, 6) is -0.978. The predicted molar refractivity (Wildman–Crippen MR) is 135 cm³/mol. The van der Waals surface area contributed by atoms with Gasteiger partial charge in [0.15, 0.2) is 11.7 Å². The molecule has 2 saturated heterocycles. The summed E-state index contributed by atoms with van der Waals surface area (Å²) in [5, 5.41) is 15.0. The Labute approximate surface area is 224 Å². The highest BCUT2D eigenvalue weighted by atomic mass is 16.7. The summed E-state index contributed by atoms with van der Waals surface area (Å²) in [6.45, 7) is 11.8. The first-order chi connectivity index (χ1) is 17.9. The fraction of sp³-hybridized carbons (Fsp3) is 0.828. The topological polar surface area (TPSA) is 127 Å². The van der Waals surface area contributed by atoms with E-state index in [0.717, 1.165) is 17.6 Å². The minimum absolute atomic E-state index is 0.101. The van der Waals surface area contributed by atoms with Gasteiger partial charge in [-0.25, -0.2) is 9.59 Å². The van der Waals surface area contributed by atoms with Crippen molar-refractivity contribution in [2.75, 3.05) is 6.61 Å². The van der Waals surface area contributed by atoms with E-state index in [1.54, 1.807) is 0 Å². The molecule has 3 aliphatic carbocycles. The molecule has 1 amide bonds. The maximum atomic E-state index is 13.7. The first kappa shape index (κ1) is 26.3. The molecule has 6 aliphatic rings. The Morgan fingerprint density at radius 1 is 1.11 bits per heavy atom. The lowest BCUT2D eigenvalue weighted by molar-refractivity contribution is -0.203. The van der Waals surface area contributed by atoms with Crippen LogP contribution in [0, 0.1) is 29.6 Å². The van der Waals surface area contributed by atoms with Crippen LogP contribution in [-0.2, 0) is 33.3 Å². The predicted octanol–water partition coefficient (Wildman–Crippen LogP) is 2.43. The lowest BCUT2D eigenvalue weighted by Crippen LogP contribution is -2.70. The molecule has 0 radical (unpaired) electrons. The normalized spacial score (nSPS) is 43.0. The zero-order valence-corrected chi connectivity index (χ0v) is 23.2. The Bertz CT molecular complexity index is 1100. The Hall–Kier alpha value is -1.97. The minimum Gasteiger partial charge on any atom is -0.458 e. The molecule has 9 nitrogen and oxygen atoms in total. The van der Waals surface area contributed by atoms with Crippen LogP contribution in [0.15, 0.2) is 11.1 Å². The number of rotatable bonds is 7. The van der Waals surface area contributed by atoms with Gasteiger partial charge in [0.25, 0.3) is 0 Å². The summed E-state index contributed by atoms with van der Waals surface area (Å²) in [6.07, 6.45) is 1.37. The maximum Gasteiger partial charge on any atom is 0.334 e. The number of amides is 1. The lowest BCUT2D eigenvalue weighted by atomic mass is 9.52. The molecule has 2 N–H and O–H groups in total. The molecule has 9 unspecified atom stereocenters. The monoisotopic (exact) mass is 531 g/mol. The molecule has 38 heavy (non-hydrogen) atoms. The number of carbonyl (C=O) groups is 3. The molecule has 6 rings (SSSR count). The maximum absolute atomic E-state index is 13.7. The largest absolute Gasteiger partial charge is 0.458 e. The number of hydrogen-bond acceptors (Lipinski definition) is 8.